The molecule has 1 saturated heterocycles. The highest BCUT2D eigenvalue weighted by atomic mass is 19.1. The molecule has 2 aromatic rings. The Morgan fingerprint density at radius 3 is 2.52 bits per heavy atom. The number of likely N-dealkylation sites (tertiary alicyclic amines) is 1. The van der Waals surface area contributed by atoms with Crippen LogP contribution in [0.4, 0.5) is 4.39 Å². The van der Waals surface area contributed by atoms with Gasteiger partial charge in [-0.1, -0.05) is 12.1 Å². The minimum atomic E-state index is -0.303. The van der Waals surface area contributed by atoms with Gasteiger partial charge in [0.25, 0.3) is 5.91 Å². The second-order valence-electron chi connectivity index (χ2n) is 7.86. The van der Waals surface area contributed by atoms with Crippen molar-refractivity contribution in [2.45, 2.75) is 32.1 Å². The molecule has 2 heterocycles. The second kappa shape index (κ2) is 9.37. The van der Waals surface area contributed by atoms with E-state index in [9.17, 15) is 14.0 Å². The zero-order valence-corrected chi connectivity index (χ0v) is 17.5. The maximum Gasteiger partial charge on any atom is 0.306 e. The Morgan fingerprint density at radius 1 is 1.10 bits per heavy atom. The van der Waals surface area contributed by atoms with Gasteiger partial charge in [0, 0.05) is 18.7 Å². The Labute approximate surface area is 180 Å². The van der Waals surface area contributed by atoms with Crippen LogP contribution in [-0.4, -0.2) is 43.3 Å². The summed E-state index contributed by atoms with van der Waals surface area (Å²) in [5.41, 5.74) is 1.50. The van der Waals surface area contributed by atoms with E-state index in [0.29, 0.717) is 36.8 Å². The third kappa shape index (κ3) is 4.81. The molecule has 0 spiro atoms. The molecule has 7 heteroatoms. The van der Waals surface area contributed by atoms with Gasteiger partial charge in [-0.2, -0.15) is 0 Å². The molecule has 0 aliphatic carbocycles. The van der Waals surface area contributed by atoms with Crippen molar-refractivity contribution in [3.8, 4) is 11.5 Å². The minimum absolute atomic E-state index is 0.0412. The third-order valence-electron chi connectivity index (χ3n) is 6.01. The fourth-order valence-corrected chi connectivity index (χ4v) is 4.38. The van der Waals surface area contributed by atoms with E-state index in [-0.39, 0.29) is 42.7 Å². The van der Waals surface area contributed by atoms with Gasteiger partial charge in [0.2, 0.25) is 6.79 Å². The monoisotopic (exact) mass is 427 g/mol. The molecule has 2 aromatic carbocycles. The SMILES string of the molecule is CCOC(=O)C[C@H](c1ccc(F)cc1)C1CCN(C(=O)c2ccc3c(c2)OCO3)CC1. The maximum atomic E-state index is 13.4. The molecule has 1 amide bonds. The van der Waals surface area contributed by atoms with Crippen LogP contribution in [0.3, 0.4) is 0 Å². The molecule has 4 rings (SSSR count). The number of benzene rings is 2. The first kappa shape index (κ1) is 21.2. The van der Waals surface area contributed by atoms with Crippen molar-refractivity contribution in [1.82, 2.24) is 4.90 Å². The van der Waals surface area contributed by atoms with Crippen molar-refractivity contribution >= 4 is 11.9 Å². The van der Waals surface area contributed by atoms with Crippen LogP contribution >= 0.6 is 0 Å². The van der Waals surface area contributed by atoms with Gasteiger partial charge in [0.05, 0.1) is 13.0 Å². The Hall–Kier alpha value is -3.09. The van der Waals surface area contributed by atoms with Gasteiger partial charge >= 0.3 is 5.97 Å². The van der Waals surface area contributed by atoms with E-state index in [2.05, 4.69) is 0 Å². The van der Waals surface area contributed by atoms with Gasteiger partial charge in [0.15, 0.2) is 11.5 Å². The number of nitrogens with zero attached hydrogens (tertiary/aromatic N) is 1. The Kier molecular flexibility index (Phi) is 6.39. The smallest absolute Gasteiger partial charge is 0.306 e. The summed E-state index contributed by atoms with van der Waals surface area (Å²) >= 11 is 0. The van der Waals surface area contributed by atoms with Crippen LogP contribution < -0.4 is 9.47 Å². The third-order valence-corrected chi connectivity index (χ3v) is 6.01. The number of carbonyl (C=O) groups is 2. The van der Waals surface area contributed by atoms with Gasteiger partial charge in [-0.15, -0.1) is 0 Å². The number of esters is 1. The summed E-state index contributed by atoms with van der Waals surface area (Å²) in [4.78, 5) is 27.0. The highest BCUT2D eigenvalue weighted by Gasteiger charge is 2.32. The van der Waals surface area contributed by atoms with Crippen LogP contribution in [0.5, 0.6) is 11.5 Å². The summed E-state index contributed by atoms with van der Waals surface area (Å²) in [5, 5.41) is 0. The van der Waals surface area contributed by atoms with Crippen LogP contribution in [0.1, 0.15) is 48.0 Å². The molecule has 0 bridgehead atoms. The molecule has 1 fully saturated rings. The fourth-order valence-electron chi connectivity index (χ4n) is 4.38. The van der Waals surface area contributed by atoms with Crippen molar-refractivity contribution < 1.29 is 28.2 Å². The molecular weight excluding hydrogens is 401 g/mol. The van der Waals surface area contributed by atoms with Crippen LogP contribution in [0.25, 0.3) is 0 Å². The molecule has 0 N–H and O–H groups in total. The molecule has 6 nitrogen and oxygen atoms in total. The summed E-state index contributed by atoms with van der Waals surface area (Å²) in [5.74, 6) is 0.778. The molecule has 0 saturated carbocycles. The van der Waals surface area contributed by atoms with Crippen LogP contribution in [0, 0.1) is 11.7 Å². The molecule has 2 aliphatic heterocycles. The summed E-state index contributed by atoms with van der Waals surface area (Å²) < 4.78 is 29.3. The Morgan fingerprint density at radius 2 is 1.81 bits per heavy atom. The van der Waals surface area contributed by atoms with E-state index in [1.807, 2.05) is 4.90 Å². The molecule has 31 heavy (non-hydrogen) atoms. The molecule has 0 unspecified atom stereocenters. The number of rotatable bonds is 6. The Balaban J connectivity index is 1.43. The standard InChI is InChI=1S/C24H26FNO5/c1-2-29-23(27)14-20(16-3-6-19(25)7-4-16)17-9-11-26(12-10-17)24(28)18-5-8-21-22(13-18)31-15-30-21/h3-8,13,17,20H,2,9-12,14-15H2,1H3/t20-/m1/s1. The number of ether oxygens (including phenoxy) is 3. The molecule has 0 aromatic heterocycles. The average Bonchev–Trinajstić information content (AvgIpc) is 3.26. The summed E-state index contributed by atoms with van der Waals surface area (Å²) in [7, 11) is 0. The number of carbonyl (C=O) groups excluding carboxylic acids is 2. The average molecular weight is 427 g/mol. The van der Waals surface area contributed by atoms with E-state index in [4.69, 9.17) is 14.2 Å². The molecule has 164 valence electrons. The number of fused-ring (bicyclic) bond motifs is 1. The lowest BCUT2D eigenvalue weighted by Gasteiger charge is -2.36. The van der Waals surface area contributed by atoms with Crippen molar-refractivity contribution in [3.05, 3.63) is 59.4 Å². The maximum absolute atomic E-state index is 13.4. The molecule has 1 atom stereocenters. The van der Waals surface area contributed by atoms with E-state index < -0.39 is 0 Å². The lowest BCUT2D eigenvalue weighted by atomic mass is 9.78. The molecule has 0 radical (unpaired) electrons. The summed E-state index contributed by atoms with van der Waals surface area (Å²) in [6.07, 6.45) is 1.77. The zero-order chi connectivity index (χ0) is 21.8. The second-order valence-corrected chi connectivity index (χ2v) is 7.86. The number of piperidine rings is 1. The van der Waals surface area contributed by atoms with Gasteiger partial charge in [0.1, 0.15) is 5.82 Å². The molecule has 2 aliphatic rings. The number of hydrogen-bond acceptors (Lipinski definition) is 5. The van der Waals surface area contributed by atoms with Crippen molar-refractivity contribution in [3.63, 3.8) is 0 Å². The predicted molar refractivity (Wildman–Crippen MR) is 112 cm³/mol. The van der Waals surface area contributed by atoms with E-state index in [1.165, 1.54) is 12.1 Å². The minimum Gasteiger partial charge on any atom is -0.466 e. The van der Waals surface area contributed by atoms with Crippen LogP contribution in [-0.2, 0) is 9.53 Å². The van der Waals surface area contributed by atoms with Gasteiger partial charge in [-0.3, -0.25) is 9.59 Å². The van der Waals surface area contributed by atoms with Crippen molar-refractivity contribution in [2.75, 3.05) is 26.5 Å². The van der Waals surface area contributed by atoms with Crippen molar-refractivity contribution in [1.29, 1.82) is 0 Å². The first-order chi connectivity index (χ1) is 15.0. The lowest BCUT2D eigenvalue weighted by molar-refractivity contribution is -0.144. The predicted octanol–water partition coefficient (Wildman–Crippen LogP) is 4.14. The van der Waals surface area contributed by atoms with Gasteiger partial charge in [-0.25, -0.2) is 4.39 Å². The lowest BCUT2D eigenvalue weighted by Crippen LogP contribution is -2.40. The highest BCUT2D eigenvalue weighted by molar-refractivity contribution is 5.95. The summed E-state index contributed by atoms with van der Waals surface area (Å²) in [6, 6.07) is 11.6. The first-order valence-corrected chi connectivity index (χ1v) is 10.6. The summed E-state index contributed by atoms with van der Waals surface area (Å²) in [6.45, 7) is 3.48. The van der Waals surface area contributed by atoms with E-state index in [0.717, 1.165) is 18.4 Å². The van der Waals surface area contributed by atoms with Crippen molar-refractivity contribution in [2.24, 2.45) is 5.92 Å². The zero-order valence-electron chi connectivity index (χ0n) is 17.5. The number of halogens is 1. The number of hydrogen-bond donors (Lipinski definition) is 0. The fraction of sp³-hybridized carbons (Fsp3) is 0.417. The topological polar surface area (TPSA) is 65.1 Å². The van der Waals surface area contributed by atoms with E-state index >= 15 is 0 Å². The highest BCUT2D eigenvalue weighted by Crippen LogP contribution is 2.37. The normalized spacial score (nSPS) is 16.8. The van der Waals surface area contributed by atoms with Gasteiger partial charge < -0.3 is 19.1 Å². The van der Waals surface area contributed by atoms with Crippen LogP contribution in [0.15, 0.2) is 42.5 Å². The van der Waals surface area contributed by atoms with E-state index in [1.54, 1.807) is 37.3 Å². The Bertz CT molecular complexity index is 937. The largest absolute Gasteiger partial charge is 0.466 e. The first-order valence-electron chi connectivity index (χ1n) is 10.6. The molecular formula is C24H26FNO5. The number of amides is 1. The quantitative estimate of drug-likeness (QED) is 0.649. The van der Waals surface area contributed by atoms with Crippen LogP contribution in [0.2, 0.25) is 0 Å². The van der Waals surface area contributed by atoms with Gasteiger partial charge in [-0.05, 0) is 67.5 Å².